The Hall–Kier alpha value is -1.25. The first-order chi connectivity index (χ1) is 8.15. The van der Waals surface area contributed by atoms with Gasteiger partial charge in [-0.15, -0.1) is 0 Å². The minimum absolute atomic E-state index is 0.277. The van der Waals surface area contributed by atoms with Crippen molar-refractivity contribution in [3.8, 4) is 5.75 Å². The molecule has 0 fully saturated rings. The molecule has 88 valence electrons. The van der Waals surface area contributed by atoms with E-state index in [-0.39, 0.29) is 12.4 Å². The summed E-state index contributed by atoms with van der Waals surface area (Å²) in [7, 11) is 0. The number of rotatable bonds is 3. The topological polar surface area (TPSA) is 9.23 Å². The van der Waals surface area contributed by atoms with Crippen molar-refractivity contribution in [2.24, 2.45) is 0 Å². The predicted octanol–water partition coefficient (Wildman–Crippen LogP) is 4.71. The first-order valence-corrected chi connectivity index (χ1v) is 5.73. The van der Waals surface area contributed by atoms with E-state index in [1.807, 2.05) is 0 Å². The molecule has 0 atom stereocenters. The molecule has 0 bridgehead atoms. The van der Waals surface area contributed by atoms with Gasteiger partial charge in [0.15, 0.2) is 0 Å². The van der Waals surface area contributed by atoms with E-state index in [0.29, 0.717) is 15.8 Å². The highest BCUT2D eigenvalue weighted by Crippen LogP contribution is 2.22. The van der Waals surface area contributed by atoms with Gasteiger partial charge in [-0.05, 0) is 24.3 Å². The van der Waals surface area contributed by atoms with Crippen molar-refractivity contribution in [1.29, 1.82) is 0 Å². The minimum atomic E-state index is -0.329. The zero-order chi connectivity index (χ0) is 12.3. The normalized spacial score (nSPS) is 10.3. The van der Waals surface area contributed by atoms with E-state index < -0.39 is 0 Å². The average Bonchev–Trinajstić information content (AvgIpc) is 2.28. The van der Waals surface area contributed by atoms with Crippen LogP contribution in [-0.4, -0.2) is 0 Å². The van der Waals surface area contributed by atoms with E-state index >= 15 is 0 Å². The molecule has 0 aliphatic heterocycles. The van der Waals surface area contributed by atoms with Crippen LogP contribution in [0.5, 0.6) is 5.75 Å². The molecule has 0 amide bonds. The summed E-state index contributed by atoms with van der Waals surface area (Å²) < 4.78 is 18.3. The number of hydrogen-bond acceptors (Lipinski definition) is 1. The van der Waals surface area contributed by atoms with Crippen molar-refractivity contribution < 1.29 is 9.13 Å². The standard InChI is InChI=1S/C13H9Cl2FO/c14-10-5-4-9(13(15)6-10)8-17-12-3-1-2-11(16)7-12/h1-7H,8H2. The molecule has 0 saturated carbocycles. The van der Waals surface area contributed by atoms with Gasteiger partial charge in [-0.2, -0.15) is 0 Å². The molecule has 2 rings (SSSR count). The van der Waals surface area contributed by atoms with Crippen molar-refractivity contribution in [2.45, 2.75) is 6.61 Å². The van der Waals surface area contributed by atoms with Gasteiger partial charge in [0, 0.05) is 21.7 Å². The maximum atomic E-state index is 12.9. The van der Waals surface area contributed by atoms with Crippen LogP contribution in [0.1, 0.15) is 5.56 Å². The first-order valence-electron chi connectivity index (χ1n) is 4.97. The Labute approximate surface area is 109 Å². The lowest BCUT2D eigenvalue weighted by Crippen LogP contribution is -1.96. The van der Waals surface area contributed by atoms with E-state index in [2.05, 4.69) is 0 Å². The van der Waals surface area contributed by atoms with Crippen LogP contribution in [0.15, 0.2) is 42.5 Å². The molecular formula is C13H9Cl2FO. The molecule has 0 aliphatic carbocycles. The fourth-order valence-electron chi connectivity index (χ4n) is 1.36. The van der Waals surface area contributed by atoms with Crippen molar-refractivity contribution in [3.05, 3.63) is 63.9 Å². The van der Waals surface area contributed by atoms with Crippen molar-refractivity contribution in [3.63, 3.8) is 0 Å². The smallest absolute Gasteiger partial charge is 0.126 e. The molecule has 2 aromatic rings. The molecular weight excluding hydrogens is 262 g/mol. The Morgan fingerprint density at radius 1 is 1.06 bits per heavy atom. The van der Waals surface area contributed by atoms with Crippen molar-refractivity contribution in [2.75, 3.05) is 0 Å². The van der Waals surface area contributed by atoms with Gasteiger partial charge in [-0.1, -0.05) is 35.3 Å². The van der Waals surface area contributed by atoms with Gasteiger partial charge in [0.05, 0.1) is 0 Å². The van der Waals surface area contributed by atoms with E-state index in [1.165, 1.54) is 12.1 Å². The maximum absolute atomic E-state index is 12.9. The van der Waals surface area contributed by atoms with Gasteiger partial charge in [-0.25, -0.2) is 4.39 Å². The second-order valence-electron chi connectivity index (χ2n) is 3.48. The number of hydrogen-bond donors (Lipinski definition) is 0. The summed E-state index contributed by atoms with van der Waals surface area (Å²) >= 11 is 11.8. The van der Waals surface area contributed by atoms with E-state index in [1.54, 1.807) is 30.3 Å². The summed E-state index contributed by atoms with van der Waals surface area (Å²) in [6, 6.07) is 11.1. The second kappa shape index (κ2) is 5.39. The van der Waals surface area contributed by atoms with Gasteiger partial charge in [0.1, 0.15) is 18.2 Å². The number of ether oxygens (including phenoxy) is 1. The second-order valence-corrected chi connectivity index (χ2v) is 4.33. The monoisotopic (exact) mass is 270 g/mol. The Bertz CT molecular complexity index is 529. The zero-order valence-electron chi connectivity index (χ0n) is 8.79. The quantitative estimate of drug-likeness (QED) is 0.785. The number of benzene rings is 2. The average molecular weight is 271 g/mol. The Kier molecular flexibility index (Phi) is 3.87. The molecule has 0 saturated heterocycles. The molecule has 1 nitrogen and oxygen atoms in total. The van der Waals surface area contributed by atoms with Crippen LogP contribution in [0.2, 0.25) is 10.0 Å². The number of halogens is 3. The molecule has 0 N–H and O–H groups in total. The van der Waals surface area contributed by atoms with Crippen LogP contribution in [0.4, 0.5) is 4.39 Å². The fraction of sp³-hybridized carbons (Fsp3) is 0.0769. The van der Waals surface area contributed by atoms with E-state index in [9.17, 15) is 4.39 Å². The van der Waals surface area contributed by atoms with Gasteiger partial charge in [0.25, 0.3) is 0 Å². The first kappa shape index (κ1) is 12.2. The van der Waals surface area contributed by atoms with Gasteiger partial charge < -0.3 is 4.74 Å². The lowest BCUT2D eigenvalue weighted by Gasteiger charge is -2.08. The Balaban J connectivity index is 2.07. The molecule has 0 radical (unpaired) electrons. The third-order valence-electron chi connectivity index (χ3n) is 2.21. The summed E-state index contributed by atoms with van der Waals surface area (Å²) in [5.41, 5.74) is 0.806. The maximum Gasteiger partial charge on any atom is 0.126 e. The Morgan fingerprint density at radius 3 is 2.59 bits per heavy atom. The summed E-state index contributed by atoms with van der Waals surface area (Å²) in [4.78, 5) is 0. The summed E-state index contributed by atoms with van der Waals surface area (Å²) in [5, 5.41) is 1.11. The lowest BCUT2D eigenvalue weighted by molar-refractivity contribution is 0.304. The van der Waals surface area contributed by atoms with Crippen molar-refractivity contribution in [1.82, 2.24) is 0 Å². The summed E-state index contributed by atoms with van der Waals surface area (Å²) in [6.07, 6.45) is 0. The molecule has 0 aliphatic rings. The summed E-state index contributed by atoms with van der Waals surface area (Å²) in [5.74, 6) is 0.140. The van der Waals surface area contributed by atoms with Gasteiger partial charge in [-0.3, -0.25) is 0 Å². The minimum Gasteiger partial charge on any atom is -0.489 e. The molecule has 2 aromatic carbocycles. The van der Waals surface area contributed by atoms with Crippen LogP contribution in [0, 0.1) is 5.82 Å². The molecule has 17 heavy (non-hydrogen) atoms. The molecule has 0 unspecified atom stereocenters. The third kappa shape index (κ3) is 3.35. The molecule has 0 heterocycles. The molecule has 0 aromatic heterocycles. The zero-order valence-corrected chi connectivity index (χ0v) is 10.3. The summed E-state index contributed by atoms with van der Waals surface area (Å²) in [6.45, 7) is 0.277. The van der Waals surface area contributed by atoms with Crippen LogP contribution in [-0.2, 0) is 6.61 Å². The highest BCUT2D eigenvalue weighted by atomic mass is 35.5. The SMILES string of the molecule is Fc1cccc(OCc2ccc(Cl)cc2Cl)c1. The van der Waals surface area contributed by atoms with Gasteiger partial charge >= 0.3 is 0 Å². The highest BCUT2D eigenvalue weighted by molar-refractivity contribution is 6.35. The van der Waals surface area contributed by atoms with Crippen molar-refractivity contribution >= 4 is 23.2 Å². The van der Waals surface area contributed by atoms with Crippen LogP contribution in [0.25, 0.3) is 0 Å². The van der Waals surface area contributed by atoms with Crippen LogP contribution >= 0.6 is 23.2 Å². The van der Waals surface area contributed by atoms with E-state index in [0.717, 1.165) is 5.56 Å². The Morgan fingerprint density at radius 2 is 1.88 bits per heavy atom. The highest BCUT2D eigenvalue weighted by Gasteiger charge is 2.03. The molecule has 0 spiro atoms. The predicted molar refractivity (Wildman–Crippen MR) is 67.2 cm³/mol. The third-order valence-corrected chi connectivity index (χ3v) is 2.79. The largest absolute Gasteiger partial charge is 0.489 e. The van der Waals surface area contributed by atoms with Gasteiger partial charge in [0.2, 0.25) is 0 Å². The van der Waals surface area contributed by atoms with Crippen LogP contribution < -0.4 is 4.74 Å². The molecule has 4 heteroatoms. The lowest BCUT2D eigenvalue weighted by atomic mass is 10.2. The van der Waals surface area contributed by atoms with Crippen LogP contribution in [0.3, 0.4) is 0 Å². The van der Waals surface area contributed by atoms with E-state index in [4.69, 9.17) is 27.9 Å². The fourth-order valence-corrected chi connectivity index (χ4v) is 1.82.